The van der Waals surface area contributed by atoms with E-state index in [4.69, 9.17) is 4.42 Å². The molecule has 0 aliphatic rings. The molecule has 0 atom stereocenters. The summed E-state index contributed by atoms with van der Waals surface area (Å²) in [7, 11) is 0. The first kappa shape index (κ1) is 31.6. The minimum Gasteiger partial charge on any atom is -0.455 e. The second kappa shape index (κ2) is 12.9. The fourth-order valence-electron chi connectivity index (χ4n) is 8.31. The average molecular weight is 720 g/mol. The summed E-state index contributed by atoms with van der Waals surface area (Å²) < 4.78 is 9.43. The van der Waals surface area contributed by atoms with Gasteiger partial charge >= 0.3 is 0 Å². The van der Waals surface area contributed by atoms with Crippen molar-refractivity contribution in [3.8, 4) is 33.4 Å². The Kier molecular flexibility index (Phi) is 7.39. The molecule has 9 aromatic carbocycles. The number of anilines is 3. The van der Waals surface area contributed by atoms with Gasteiger partial charge < -0.3 is 9.32 Å². The highest BCUT2D eigenvalue weighted by atomic mass is 32.1. The molecule has 0 bridgehead atoms. The third-order valence-electron chi connectivity index (χ3n) is 10.9. The van der Waals surface area contributed by atoms with Crippen LogP contribution in [0.25, 0.3) is 86.3 Å². The summed E-state index contributed by atoms with van der Waals surface area (Å²) in [6.07, 6.45) is 0. The van der Waals surface area contributed by atoms with Crippen LogP contribution in [0.2, 0.25) is 0 Å². The van der Waals surface area contributed by atoms with Crippen molar-refractivity contribution < 1.29 is 4.42 Å². The van der Waals surface area contributed by atoms with Gasteiger partial charge in [0.25, 0.3) is 0 Å². The SMILES string of the molecule is c1ccc(-c2ccc(-c3ccc(N(c4cccc5sc6ccccc6c45)c4ccc(-c5cccc6ccccc56)c5oc6ccccc6c45)cc3)cc2)cc1. The van der Waals surface area contributed by atoms with Crippen LogP contribution in [-0.4, -0.2) is 0 Å². The summed E-state index contributed by atoms with van der Waals surface area (Å²) in [4.78, 5) is 2.45. The fourth-order valence-corrected chi connectivity index (χ4v) is 9.44. The number of hydrogen-bond donors (Lipinski definition) is 0. The van der Waals surface area contributed by atoms with Gasteiger partial charge in [-0.25, -0.2) is 0 Å². The van der Waals surface area contributed by atoms with E-state index in [2.05, 4.69) is 205 Å². The van der Waals surface area contributed by atoms with E-state index in [-0.39, 0.29) is 0 Å². The molecular weight excluding hydrogens is 687 g/mol. The largest absolute Gasteiger partial charge is 0.455 e. The maximum Gasteiger partial charge on any atom is 0.145 e. The van der Waals surface area contributed by atoms with E-state index in [1.165, 1.54) is 53.2 Å². The predicted octanol–water partition coefficient (Wildman–Crippen LogP) is 15.6. The Bertz CT molecular complexity index is 3190. The van der Waals surface area contributed by atoms with Crippen molar-refractivity contribution in [1.29, 1.82) is 0 Å². The molecule has 0 fully saturated rings. The zero-order valence-corrected chi connectivity index (χ0v) is 30.6. The molecule has 0 N–H and O–H groups in total. The molecule has 11 rings (SSSR count). The van der Waals surface area contributed by atoms with Crippen molar-refractivity contribution in [2.24, 2.45) is 0 Å². The van der Waals surface area contributed by atoms with Crippen LogP contribution >= 0.6 is 11.3 Å². The highest BCUT2D eigenvalue weighted by Gasteiger charge is 2.25. The number of benzene rings is 9. The molecule has 0 aliphatic heterocycles. The summed E-state index contributed by atoms with van der Waals surface area (Å²) in [5.74, 6) is 0. The van der Waals surface area contributed by atoms with Crippen LogP contribution < -0.4 is 4.90 Å². The maximum atomic E-state index is 6.89. The molecule has 2 nitrogen and oxygen atoms in total. The zero-order valence-electron chi connectivity index (χ0n) is 29.8. The summed E-state index contributed by atoms with van der Waals surface area (Å²) in [6.45, 7) is 0. The highest BCUT2D eigenvalue weighted by Crippen LogP contribution is 2.50. The van der Waals surface area contributed by atoms with E-state index < -0.39 is 0 Å². The second-order valence-electron chi connectivity index (χ2n) is 14.0. The minimum atomic E-state index is 0.875. The van der Waals surface area contributed by atoms with E-state index in [0.29, 0.717) is 0 Å². The van der Waals surface area contributed by atoms with Crippen molar-refractivity contribution in [3.05, 3.63) is 200 Å². The molecule has 0 unspecified atom stereocenters. The van der Waals surface area contributed by atoms with Gasteiger partial charge in [-0.15, -0.1) is 11.3 Å². The van der Waals surface area contributed by atoms with Crippen molar-refractivity contribution in [2.75, 3.05) is 4.90 Å². The van der Waals surface area contributed by atoms with Gasteiger partial charge in [-0.3, -0.25) is 0 Å². The van der Waals surface area contributed by atoms with E-state index in [1.54, 1.807) is 0 Å². The number of rotatable bonds is 6. The third-order valence-corrected chi connectivity index (χ3v) is 12.0. The minimum absolute atomic E-state index is 0.875. The second-order valence-corrected chi connectivity index (χ2v) is 15.1. The van der Waals surface area contributed by atoms with Crippen LogP contribution in [0.3, 0.4) is 0 Å². The van der Waals surface area contributed by atoms with Gasteiger partial charge in [0.05, 0.1) is 16.8 Å². The molecule has 2 aromatic heterocycles. The lowest BCUT2D eigenvalue weighted by Gasteiger charge is -2.28. The Balaban J connectivity index is 1.14. The first-order chi connectivity index (χ1) is 27.3. The monoisotopic (exact) mass is 719 g/mol. The Morgan fingerprint density at radius 2 is 0.945 bits per heavy atom. The van der Waals surface area contributed by atoms with Crippen molar-refractivity contribution in [3.63, 3.8) is 0 Å². The maximum absolute atomic E-state index is 6.89. The molecular formula is C52H33NOS. The van der Waals surface area contributed by atoms with Crippen molar-refractivity contribution in [2.45, 2.75) is 0 Å². The van der Waals surface area contributed by atoms with Crippen molar-refractivity contribution in [1.82, 2.24) is 0 Å². The smallest absolute Gasteiger partial charge is 0.145 e. The van der Waals surface area contributed by atoms with Gasteiger partial charge in [-0.1, -0.05) is 152 Å². The molecule has 0 amide bonds. The van der Waals surface area contributed by atoms with Gasteiger partial charge in [-0.05, 0) is 87.1 Å². The van der Waals surface area contributed by atoms with Gasteiger partial charge in [0.1, 0.15) is 11.2 Å². The number of para-hydroxylation sites is 1. The molecule has 2 heterocycles. The molecule has 55 heavy (non-hydrogen) atoms. The Labute approximate surface area is 322 Å². The first-order valence-electron chi connectivity index (χ1n) is 18.7. The lowest BCUT2D eigenvalue weighted by molar-refractivity contribution is 0.670. The Morgan fingerprint density at radius 3 is 1.75 bits per heavy atom. The van der Waals surface area contributed by atoms with Gasteiger partial charge in [0, 0.05) is 36.8 Å². The van der Waals surface area contributed by atoms with Crippen LogP contribution in [0.5, 0.6) is 0 Å². The predicted molar refractivity (Wildman–Crippen MR) is 235 cm³/mol. The number of hydrogen-bond acceptors (Lipinski definition) is 3. The fraction of sp³-hybridized carbons (Fsp3) is 0. The molecule has 0 saturated heterocycles. The lowest BCUT2D eigenvalue weighted by atomic mass is 9.95. The molecule has 3 heteroatoms. The zero-order chi connectivity index (χ0) is 36.3. The Morgan fingerprint density at radius 1 is 0.364 bits per heavy atom. The van der Waals surface area contributed by atoms with Gasteiger partial charge in [-0.2, -0.15) is 0 Å². The number of thiophene rings is 1. The number of fused-ring (bicyclic) bond motifs is 7. The molecule has 0 saturated carbocycles. The van der Waals surface area contributed by atoms with Crippen LogP contribution in [0.15, 0.2) is 205 Å². The normalized spacial score (nSPS) is 11.6. The number of nitrogens with zero attached hydrogens (tertiary/aromatic N) is 1. The standard InChI is InChI=1S/C52H33NOS/c1-2-12-34(13-3-1)35-24-26-36(27-25-35)37-28-30-39(31-29-37)53(45-20-11-23-49-50(45)44-18-7-9-22-48(44)55-49)46-33-32-42(41-19-10-15-38-14-4-5-16-40(38)41)52-51(46)43-17-6-8-21-47(43)54-52/h1-33H. The molecule has 0 radical (unpaired) electrons. The summed E-state index contributed by atoms with van der Waals surface area (Å²) >= 11 is 1.85. The summed E-state index contributed by atoms with van der Waals surface area (Å²) in [5, 5.41) is 7.12. The van der Waals surface area contributed by atoms with Crippen LogP contribution in [-0.2, 0) is 0 Å². The third kappa shape index (κ3) is 5.24. The molecule has 0 spiro atoms. The van der Waals surface area contributed by atoms with Gasteiger partial charge in [0.15, 0.2) is 0 Å². The summed E-state index contributed by atoms with van der Waals surface area (Å²) in [6, 6.07) is 72.1. The van der Waals surface area contributed by atoms with E-state index in [0.717, 1.165) is 50.1 Å². The van der Waals surface area contributed by atoms with Crippen molar-refractivity contribution >= 4 is 81.3 Å². The lowest BCUT2D eigenvalue weighted by Crippen LogP contribution is -2.11. The highest BCUT2D eigenvalue weighted by molar-refractivity contribution is 7.26. The first-order valence-corrected chi connectivity index (χ1v) is 19.5. The van der Waals surface area contributed by atoms with Crippen LogP contribution in [0.1, 0.15) is 0 Å². The average Bonchev–Trinajstić information content (AvgIpc) is 3.84. The molecule has 258 valence electrons. The summed E-state index contributed by atoms with van der Waals surface area (Å²) in [5.41, 5.74) is 12.1. The molecule has 11 aromatic rings. The van der Waals surface area contributed by atoms with Crippen LogP contribution in [0, 0.1) is 0 Å². The quantitative estimate of drug-likeness (QED) is 0.170. The van der Waals surface area contributed by atoms with E-state index >= 15 is 0 Å². The van der Waals surface area contributed by atoms with E-state index in [1.807, 2.05) is 11.3 Å². The molecule has 0 aliphatic carbocycles. The van der Waals surface area contributed by atoms with Crippen LogP contribution in [0.4, 0.5) is 17.1 Å². The van der Waals surface area contributed by atoms with E-state index in [9.17, 15) is 0 Å². The Hall–Kier alpha value is -6.94. The topological polar surface area (TPSA) is 16.4 Å². The number of furan rings is 1. The van der Waals surface area contributed by atoms with Gasteiger partial charge in [0.2, 0.25) is 0 Å².